The number of carbonyl (C=O) groups excluding carboxylic acids is 2. The summed E-state index contributed by atoms with van der Waals surface area (Å²) in [5.41, 5.74) is 1.09. The maximum absolute atomic E-state index is 12.4. The number of hydrogen-bond donors (Lipinski definition) is 1. The molecule has 2 amide bonds. The smallest absolute Gasteiger partial charge is 0.225 e. The van der Waals surface area contributed by atoms with E-state index < -0.39 is 0 Å². The molecule has 1 aromatic heterocycles. The largest absolute Gasteiger partial charge is 0.383 e. The van der Waals surface area contributed by atoms with Crippen LogP contribution < -0.4 is 5.32 Å². The van der Waals surface area contributed by atoms with Crippen molar-refractivity contribution in [1.82, 2.24) is 10.2 Å². The van der Waals surface area contributed by atoms with Crippen molar-refractivity contribution in [3.05, 3.63) is 35.2 Å². The van der Waals surface area contributed by atoms with Crippen LogP contribution in [-0.2, 0) is 20.9 Å². The molecular weight excluding hydrogens is 324 g/mol. The zero-order valence-electron chi connectivity index (χ0n) is 13.8. The average Bonchev–Trinajstić information content (AvgIpc) is 3.06. The molecule has 1 N–H and O–H groups in total. The molecule has 24 heavy (non-hydrogen) atoms. The molecule has 1 aliphatic rings. The molecule has 2 heterocycles. The summed E-state index contributed by atoms with van der Waals surface area (Å²) in [6, 6.07) is 8.34. The van der Waals surface area contributed by atoms with Gasteiger partial charge in [0.15, 0.2) is 0 Å². The number of ether oxygens (including phenoxy) is 1. The second-order valence-corrected chi connectivity index (χ2v) is 7.03. The van der Waals surface area contributed by atoms with Gasteiger partial charge in [-0.25, -0.2) is 0 Å². The Morgan fingerprint density at radius 1 is 1.42 bits per heavy atom. The summed E-state index contributed by atoms with van der Waals surface area (Å²) in [6.07, 6.45) is 1.06. The number of rotatable bonds is 6. The summed E-state index contributed by atoms with van der Waals surface area (Å²) in [7, 11) is 1.61. The van der Waals surface area contributed by atoms with Crippen LogP contribution in [0.5, 0.6) is 0 Å². The van der Waals surface area contributed by atoms with Crippen molar-refractivity contribution in [3.8, 4) is 0 Å². The maximum Gasteiger partial charge on any atom is 0.225 e. The van der Waals surface area contributed by atoms with E-state index in [2.05, 4.69) is 35.0 Å². The van der Waals surface area contributed by atoms with Gasteiger partial charge in [0, 0.05) is 37.9 Å². The lowest BCUT2D eigenvalue weighted by Crippen LogP contribution is -2.46. The molecule has 5 nitrogen and oxygen atoms in total. The number of fused-ring (bicyclic) bond motifs is 1. The third-order valence-electron chi connectivity index (χ3n) is 4.42. The molecule has 1 atom stereocenters. The second-order valence-electron chi connectivity index (χ2n) is 6.08. The van der Waals surface area contributed by atoms with Gasteiger partial charge < -0.3 is 15.0 Å². The minimum Gasteiger partial charge on any atom is -0.383 e. The molecule has 0 spiro atoms. The lowest BCUT2D eigenvalue weighted by Gasteiger charge is -2.31. The van der Waals surface area contributed by atoms with Gasteiger partial charge in [-0.15, -0.1) is 11.3 Å². The Hall–Kier alpha value is -1.92. The fourth-order valence-electron chi connectivity index (χ4n) is 3.01. The van der Waals surface area contributed by atoms with Crippen LogP contribution in [0.15, 0.2) is 29.6 Å². The maximum atomic E-state index is 12.4. The highest BCUT2D eigenvalue weighted by Crippen LogP contribution is 2.22. The summed E-state index contributed by atoms with van der Waals surface area (Å²) in [6.45, 7) is 2.05. The molecule has 1 saturated heterocycles. The molecular formula is C18H22N2O3S. The van der Waals surface area contributed by atoms with E-state index in [-0.39, 0.29) is 17.7 Å². The first-order chi connectivity index (χ1) is 11.7. The number of nitrogens with one attached hydrogen (secondary N) is 1. The molecule has 0 saturated carbocycles. The second kappa shape index (κ2) is 7.77. The summed E-state index contributed by atoms with van der Waals surface area (Å²) >= 11 is 1.71. The summed E-state index contributed by atoms with van der Waals surface area (Å²) in [5, 5.41) is 6.29. The van der Waals surface area contributed by atoms with Crippen LogP contribution in [-0.4, -0.2) is 43.5 Å². The highest BCUT2D eigenvalue weighted by molar-refractivity contribution is 7.17. The third-order valence-corrected chi connectivity index (χ3v) is 5.32. The van der Waals surface area contributed by atoms with E-state index in [1.165, 1.54) is 10.1 Å². The van der Waals surface area contributed by atoms with Crippen molar-refractivity contribution in [2.45, 2.75) is 19.4 Å². The lowest BCUT2D eigenvalue weighted by atomic mass is 9.96. The van der Waals surface area contributed by atoms with E-state index in [1.54, 1.807) is 23.3 Å². The van der Waals surface area contributed by atoms with Crippen LogP contribution in [0.1, 0.15) is 18.4 Å². The van der Waals surface area contributed by atoms with Crippen molar-refractivity contribution < 1.29 is 14.3 Å². The van der Waals surface area contributed by atoms with Crippen LogP contribution in [0.2, 0.25) is 0 Å². The number of benzene rings is 1. The van der Waals surface area contributed by atoms with Crippen LogP contribution in [0.3, 0.4) is 0 Å². The van der Waals surface area contributed by atoms with Crippen LogP contribution >= 0.6 is 11.3 Å². The topological polar surface area (TPSA) is 58.6 Å². The normalized spacial score (nSPS) is 18.1. The van der Waals surface area contributed by atoms with Crippen molar-refractivity contribution >= 4 is 33.2 Å². The number of nitrogens with zero attached hydrogens (tertiary/aromatic N) is 1. The summed E-state index contributed by atoms with van der Waals surface area (Å²) in [4.78, 5) is 26.0. The number of methoxy groups -OCH3 is 1. The van der Waals surface area contributed by atoms with Gasteiger partial charge in [0.25, 0.3) is 0 Å². The van der Waals surface area contributed by atoms with E-state index in [0.29, 0.717) is 39.1 Å². The Bertz CT molecular complexity index is 728. The van der Waals surface area contributed by atoms with E-state index in [9.17, 15) is 9.59 Å². The minimum absolute atomic E-state index is 0.0235. The monoisotopic (exact) mass is 346 g/mol. The molecule has 128 valence electrons. The molecule has 1 aliphatic heterocycles. The Labute approximate surface area is 145 Å². The van der Waals surface area contributed by atoms with Crippen molar-refractivity contribution in [2.24, 2.45) is 5.92 Å². The molecule has 1 aromatic carbocycles. The zero-order chi connectivity index (χ0) is 16.9. The Morgan fingerprint density at radius 2 is 2.29 bits per heavy atom. The predicted molar refractivity (Wildman–Crippen MR) is 94.9 cm³/mol. The quantitative estimate of drug-likeness (QED) is 0.874. The average molecular weight is 346 g/mol. The van der Waals surface area contributed by atoms with Gasteiger partial charge in [-0.05, 0) is 40.9 Å². The van der Waals surface area contributed by atoms with Gasteiger partial charge in [0.2, 0.25) is 11.8 Å². The molecule has 3 rings (SSSR count). The van der Waals surface area contributed by atoms with Crippen molar-refractivity contribution in [1.29, 1.82) is 0 Å². The minimum atomic E-state index is -0.135. The van der Waals surface area contributed by atoms with E-state index in [4.69, 9.17) is 4.74 Å². The van der Waals surface area contributed by atoms with Gasteiger partial charge in [-0.1, -0.05) is 6.07 Å². The third kappa shape index (κ3) is 3.94. The SMILES string of the molecule is COCCN1C[C@H](C(=O)NCc2ccc3sccc3c2)CCC1=O. The number of carbonyl (C=O) groups is 2. The fraction of sp³-hybridized carbons (Fsp3) is 0.444. The van der Waals surface area contributed by atoms with Gasteiger partial charge in [0.1, 0.15) is 0 Å². The Balaban J connectivity index is 1.55. The standard InChI is InChI=1S/C18H22N2O3S/c1-23-8-7-20-12-15(3-5-17(20)21)18(22)19-11-13-2-4-16-14(10-13)6-9-24-16/h2,4,6,9-10,15H,3,5,7-8,11-12H2,1H3,(H,19,22)/t15-/m1/s1. The van der Waals surface area contributed by atoms with Gasteiger partial charge in [-0.2, -0.15) is 0 Å². The number of likely N-dealkylation sites (tertiary alicyclic amines) is 1. The summed E-state index contributed by atoms with van der Waals surface area (Å²) < 4.78 is 6.28. The van der Waals surface area contributed by atoms with Crippen LogP contribution in [0.4, 0.5) is 0 Å². The number of amides is 2. The summed E-state index contributed by atoms with van der Waals surface area (Å²) in [5.74, 6) is -0.00113. The van der Waals surface area contributed by atoms with Gasteiger partial charge in [0.05, 0.1) is 12.5 Å². The first-order valence-electron chi connectivity index (χ1n) is 8.18. The number of thiophene rings is 1. The molecule has 0 aliphatic carbocycles. The predicted octanol–water partition coefficient (Wildman–Crippen LogP) is 2.40. The molecule has 6 heteroatoms. The van der Waals surface area contributed by atoms with Gasteiger partial charge >= 0.3 is 0 Å². The highest BCUT2D eigenvalue weighted by atomic mass is 32.1. The van der Waals surface area contributed by atoms with Gasteiger partial charge in [-0.3, -0.25) is 9.59 Å². The molecule has 0 unspecified atom stereocenters. The van der Waals surface area contributed by atoms with Crippen molar-refractivity contribution in [3.63, 3.8) is 0 Å². The molecule has 0 bridgehead atoms. The molecule has 1 fully saturated rings. The first kappa shape index (κ1) is 16.9. The Kier molecular flexibility index (Phi) is 5.48. The van der Waals surface area contributed by atoms with Crippen LogP contribution in [0, 0.1) is 5.92 Å². The Morgan fingerprint density at radius 3 is 3.12 bits per heavy atom. The fourth-order valence-corrected chi connectivity index (χ4v) is 3.78. The van der Waals surface area contributed by atoms with Crippen molar-refractivity contribution in [2.75, 3.05) is 26.8 Å². The highest BCUT2D eigenvalue weighted by Gasteiger charge is 2.29. The number of piperidine rings is 1. The molecule has 2 aromatic rings. The lowest BCUT2D eigenvalue weighted by molar-refractivity contribution is -0.138. The van der Waals surface area contributed by atoms with E-state index in [1.807, 2.05) is 0 Å². The first-order valence-corrected chi connectivity index (χ1v) is 9.06. The number of hydrogen-bond acceptors (Lipinski definition) is 4. The molecule has 0 radical (unpaired) electrons. The van der Waals surface area contributed by atoms with E-state index >= 15 is 0 Å². The van der Waals surface area contributed by atoms with E-state index in [0.717, 1.165) is 5.56 Å². The van der Waals surface area contributed by atoms with Crippen LogP contribution in [0.25, 0.3) is 10.1 Å². The zero-order valence-corrected chi connectivity index (χ0v) is 14.6.